The van der Waals surface area contributed by atoms with Gasteiger partial charge >= 0.3 is 0 Å². The number of benzene rings is 3. The average Bonchev–Trinajstić information content (AvgIpc) is 3.29. The Kier molecular flexibility index (Phi) is 7.38. The molecule has 7 heteroatoms. The molecule has 1 N–H and O–H groups in total. The van der Waals surface area contributed by atoms with Crippen LogP contribution in [0.25, 0.3) is 11.3 Å². The summed E-state index contributed by atoms with van der Waals surface area (Å²) in [5, 5.41) is 7.76. The number of halogens is 1. The first-order valence-electron chi connectivity index (χ1n) is 10.2. The molecular formula is C25H22ClN3O2S. The van der Waals surface area contributed by atoms with Crippen LogP contribution in [0.1, 0.15) is 18.1 Å². The van der Waals surface area contributed by atoms with E-state index in [1.54, 1.807) is 6.21 Å². The summed E-state index contributed by atoms with van der Waals surface area (Å²) >= 11 is 7.45. The lowest BCUT2D eigenvalue weighted by Gasteiger charge is -2.12. The van der Waals surface area contributed by atoms with Gasteiger partial charge in [0.1, 0.15) is 6.61 Å². The topological polar surface area (TPSA) is 55.7 Å². The van der Waals surface area contributed by atoms with Crippen molar-refractivity contribution < 1.29 is 9.47 Å². The van der Waals surface area contributed by atoms with E-state index in [0.717, 1.165) is 27.5 Å². The molecule has 0 radical (unpaired) electrons. The summed E-state index contributed by atoms with van der Waals surface area (Å²) < 4.78 is 11.7. The maximum atomic E-state index is 5.95. The van der Waals surface area contributed by atoms with E-state index in [0.29, 0.717) is 29.7 Å². The molecule has 0 spiro atoms. The fraction of sp³-hybridized carbons (Fsp3) is 0.120. The Bertz CT molecular complexity index is 1180. The highest BCUT2D eigenvalue weighted by Gasteiger charge is 2.07. The molecular weight excluding hydrogens is 442 g/mol. The van der Waals surface area contributed by atoms with Crippen molar-refractivity contribution in [1.82, 2.24) is 4.98 Å². The van der Waals surface area contributed by atoms with E-state index in [2.05, 4.69) is 15.5 Å². The average molecular weight is 464 g/mol. The summed E-state index contributed by atoms with van der Waals surface area (Å²) in [5.41, 5.74) is 6.92. The van der Waals surface area contributed by atoms with E-state index < -0.39 is 0 Å². The first-order chi connectivity index (χ1) is 15.7. The lowest BCUT2D eigenvalue weighted by atomic mass is 10.2. The highest BCUT2D eigenvalue weighted by molar-refractivity contribution is 7.14. The molecule has 162 valence electrons. The smallest absolute Gasteiger partial charge is 0.203 e. The second kappa shape index (κ2) is 10.8. The molecule has 0 unspecified atom stereocenters. The second-order valence-electron chi connectivity index (χ2n) is 6.83. The summed E-state index contributed by atoms with van der Waals surface area (Å²) in [5.74, 6) is 1.35. The third-order valence-electron chi connectivity index (χ3n) is 4.52. The lowest BCUT2D eigenvalue weighted by molar-refractivity contribution is 0.269. The van der Waals surface area contributed by atoms with Crippen LogP contribution in [-0.4, -0.2) is 17.8 Å². The third kappa shape index (κ3) is 5.87. The molecule has 32 heavy (non-hydrogen) atoms. The number of hydrogen-bond donors (Lipinski definition) is 1. The number of anilines is 1. The van der Waals surface area contributed by atoms with E-state index in [-0.39, 0.29) is 0 Å². The monoisotopic (exact) mass is 463 g/mol. The Morgan fingerprint density at radius 1 is 1.00 bits per heavy atom. The quantitative estimate of drug-likeness (QED) is 0.217. The van der Waals surface area contributed by atoms with Crippen LogP contribution in [0.4, 0.5) is 5.13 Å². The molecule has 4 aromatic rings. The molecule has 0 saturated carbocycles. The Hall–Kier alpha value is -3.35. The van der Waals surface area contributed by atoms with Crippen molar-refractivity contribution in [2.75, 3.05) is 12.0 Å². The van der Waals surface area contributed by atoms with E-state index in [9.17, 15) is 0 Å². The molecule has 0 aliphatic carbocycles. The first-order valence-corrected chi connectivity index (χ1v) is 11.4. The number of thiazole rings is 1. The SMILES string of the molecule is CCOc1cc(C=NNc2nc(-c3ccccc3)cs2)ccc1OCc1ccc(Cl)cc1. The van der Waals surface area contributed by atoms with Crippen LogP contribution in [0.5, 0.6) is 11.5 Å². The molecule has 0 amide bonds. The van der Waals surface area contributed by atoms with Gasteiger partial charge in [-0.3, -0.25) is 5.43 Å². The van der Waals surface area contributed by atoms with Crippen LogP contribution >= 0.6 is 22.9 Å². The highest BCUT2D eigenvalue weighted by atomic mass is 35.5. The Labute approximate surface area is 196 Å². The molecule has 4 rings (SSSR count). The summed E-state index contributed by atoms with van der Waals surface area (Å²) in [6.45, 7) is 2.91. The van der Waals surface area contributed by atoms with Gasteiger partial charge in [-0.1, -0.05) is 54.1 Å². The van der Waals surface area contributed by atoms with Crippen LogP contribution in [0.2, 0.25) is 5.02 Å². The van der Waals surface area contributed by atoms with Crippen LogP contribution in [0.15, 0.2) is 83.3 Å². The fourth-order valence-electron chi connectivity index (χ4n) is 2.96. The van der Waals surface area contributed by atoms with Gasteiger partial charge in [-0.15, -0.1) is 11.3 Å². The van der Waals surface area contributed by atoms with Crippen LogP contribution in [0.3, 0.4) is 0 Å². The number of hydrazone groups is 1. The van der Waals surface area contributed by atoms with Crippen molar-refractivity contribution in [3.05, 3.63) is 94.3 Å². The highest BCUT2D eigenvalue weighted by Crippen LogP contribution is 2.29. The van der Waals surface area contributed by atoms with Gasteiger partial charge < -0.3 is 9.47 Å². The van der Waals surface area contributed by atoms with E-state index in [1.807, 2.05) is 85.1 Å². The van der Waals surface area contributed by atoms with Gasteiger partial charge in [-0.05, 0) is 48.4 Å². The molecule has 3 aromatic carbocycles. The van der Waals surface area contributed by atoms with Crippen LogP contribution in [0, 0.1) is 0 Å². The second-order valence-corrected chi connectivity index (χ2v) is 8.12. The van der Waals surface area contributed by atoms with Crippen molar-refractivity contribution >= 4 is 34.3 Å². The molecule has 0 bridgehead atoms. The minimum Gasteiger partial charge on any atom is -0.490 e. The largest absolute Gasteiger partial charge is 0.490 e. The Morgan fingerprint density at radius 2 is 1.81 bits per heavy atom. The van der Waals surface area contributed by atoms with Gasteiger partial charge in [0, 0.05) is 16.0 Å². The fourth-order valence-corrected chi connectivity index (χ4v) is 3.76. The van der Waals surface area contributed by atoms with Crippen LogP contribution < -0.4 is 14.9 Å². The van der Waals surface area contributed by atoms with Crippen LogP contribution in [-0.2, 0) is 6.61 Å². The first kappa shape index (κ1) is 21.9. The minimum atomic E-state index is 0.431. The molecule has 0 aliphatic rings. The van der Waals surface area contributed by atoms with Crippen molar-refractivity contribution in [1.29, 1.82) is 0 Å². The predicted molar refractivity (Wildman–Crippen MR) is 132 cm³/mol. The van der Waals surface area contributed by atoms with Crippen molar-refractivity contribution in [3.8, 4) is 22.8 Å². The molecule has 5 nitrogen and oxygen atoms in total. The van der Waals surface area contributed by atoms with Gasteiger partial charge in [0.05, 0.1) is 18.5 Å². The van der Waals surface area contributed by atoms with E-state index in [4.69, 9.17) is 21.1 Å². The minimum absolute atomic E-state index is 0.431. The summed E-state index contributed by atoms with van der Waals surface area (Å²) in [6, 6.07) is 23.4. The van der Waals surface area contributed by atoms with Gasteiger partial charge in [-0.2, -0.15) is 5.10 Å². The maximum absolute atomic E-state index is 5.95. The Morgan fingerprint density at radius 3 is 2.59 bits per heavy atom. The summed E-state index contributed by atoms with van der Waals surface area (Å²) in [4.78, 5) is 4.57. The Balaban J connectivity index is 1.40. The lowest BCUT2D eigenvalue weighted by Crippen LogP contribution is -2.00. The normalized spacial score (nSPS) is 10.9. The number of rotatable bonds is 9. The summed E-state index contributed by atoms with van der Waals surface area (Å²) in [6.07, 6.45) is 1.73. The maximum Gasteiger partial charge on any atom is 0.203 e. The number of aromatic nitrogens is 1. The summed E-state index contributed by atoms with van der Waals surface area (Å²) in [7, 11) is 0. The predicted octanol–water partition coefficient (Wildman–Crippen LogP) is 6.89. The van der Waals surface area contributed by atoms with E-state index in [1.165, 1.54) is 11.3 Å². The standard InChI is InChI=1S/C25H22ClN3O2S/c1-2-30-24-14-19(10-13-23(24)31-16-18-8-11-21(26)12-9-18)15-27-29-25-28-22(17-32-25)20-6-4-3-5-7-20/h3-15,17H,2,16H2,1H3,(H,28,29). The number of hydrogen-bond acceptors (Lipinski definition) is 6. The van der Waals surface area contributed by atoms with Gasteiger partial charge in [-0.25, -0.2) is 4.98 Å². The molecule has 0 saturated heterocycles. The zero-order valence-corrected chi connectivity index (χ0v) is 19.1. The molecule has 0 fully saturated rings. The molecule has 1 aromatic heterocycles. The van der Waals surface area contributed by atoms with E-state index >= 15 is 0 Å². The van der Waals surface area contributed by atoms with Gasteiger partial charge in [0.25, 0.3) is 0 Å². The molecule has 0 atom stereocenters. The van der Waals surface area contributed by atoms with Crippen molar-refractivity contribution in [2.45, 2.75) is 13.5 Å². The number of nitrogens with zero attached hydrogens (tertiary/aromatic N) is 2. The van der Waals surface area contributed by atoms with Crippen molar-refractivity contribution in [3.63, 3.8) is 0 Å². The number of ether oxygens (including phenoxy) is 2. The number of nitrogens with one attached hydrogen (secondary N) is 1. The molecule has 1 heterocycles. The van der Waals surface area contributed by atoms with Gasteiger partial charge in [0.2, 0.25) is 5.13 Å². The van der Waals surface area contributed by atoms with Gasteiger partial charge in [0.15, 0.2) is 11.5 Å². The molecule has 0 aliphatic heterocycles. The zero-order chi connectivity index (χ0) is 22.2. The third-order valence-corrected chi connectivity index (χ3v) is 5.52. The zero-order valence-electron chi connectivity index (χ0n) is 17.5. The van der Waals surface area contributed by atoms with Crippen molar-refractivity contribution in [2.24, 2.45) is 5.10 Å².